The number of hydrogen-bond acceptors (Lipinski definition) is 8. The third kappa shape index (κ3) is 3.18. The van der Waals surface area contributed by atoms with Crippen LogP contribution in [0.25, 0.3) is 11.2 Å². The van der Waals surface area contributed by atoms with Crippen molar-refractivity contribution in [3.63, 3.8) is 0 Å². The van der Waals surface area contributed by atoms with E-state index in [4.69, 9.17) is 20.2 Å². The fraction of sp³-hybridized carbons (Fsp3) is 0.353. The average molecular weight is 375 g/mol. The van der Waals surface area contributed by atoms with E-state index in [1.54, 1.807) is 24.3 Å². The number of hydrogen-bond donors (Lipinski definition) is 2. The molecule has 1 fully saturated rings. The number of rotatable bonds is 5. The number of nitrogens with two attached hydrogens (primary N) is 1. The van der Waals surface area contributed by atoms with Crippen molar-refractivity contribution in [2.75, 3.05) is 12.3 Å². The molecule has 1 aliphatic heterocycles. The van der Waals surface area contributed by atoms with Crippen LogP contribution in [0, 0.1) is 0 Å². The van der Waals surface area contributed by atoms with Gasteiger partial charge >= 0.3 is 0 Å². The summed E-state index contributed by atoms with van der Waals surface area (Å²) in [5.41, 5.74) is 4.24. The standard InChI is InChI=1S/C17H18FN5O4/c1-17(18)13(24)12(8-25-27-10-5-3-2-4-6-10)26-15(17)23-9-21-11-7-20-16(19)22-14(11)23/h2-7,9,12-13,15,24H,8H2,1H3,(H2,19,20,22)/t12?,13-,15?,17-/m1/s1. The number of aliphatic hydroxyl groups excluding tert-OH is 1. The third-order valence-corrected chi connectivity index (χ3v) is 4.43. The molecule has 3 N–H and O–H groups in total. The van der Waals surface area contributed by atoms with Gasteiger partial charge in [0.25, 0.3) is 0 Å². The van der Waals surface area contributed by atoms with Gasteiger partial charge < -0.3 is 20.5 Å². The van der Waals surface area contributed by atoms with E-state index < -0.39 is 24.1 Å². The van der Waals surface area contributed by atoms with Gasteiger partial charge in [0.15, 0.2) is 23.3 Å². The maximum absolute atomic E-state index is 15.3. The second kappa shape index (κ2) is 6.72. The molecular weight excluding hydrogens is 357 g/mol. The Labute approximate surface area is 153 Å². The molecule has 9 nitrogen and oxygen atoms in total. The van der Waals surface area contributed by atoms with Crippen molar-refractivity contribution in [3.05, 3.63) is 42.9 Å². The minimum atomic E-state index is -2.12. The Kier molecular flexibility index (Phi) is 4.38. The normalized spacial score (nSPS) is 27.9. The Balaban J connectivity index is 1.51. The largest absolute Gasteiger partial charge is 0.387 e. The van der Waals surface area contributed by atoms with Crippen LogP contribution >= 0.6 is 0 Å². The molecule has 1 aliphatic rings. The molecule has 0 bridgehead atoms. The van der Waals surface area contributed by atoms with Gasteiger partial charge in [-0.2, -0.15) is 9.87 Å². The lowest BCUT2D eigenvalue weighted by molar-refractivity contribution is -0.233. The van der Waals surface area contributed by atoms with Gasteiger partial charge in [0.1, 0.15) is 24.3 Å². The number of anilines is 1. The smallest absolute Gasteiger partial charge is 0.222 e. The second-order valence-electron chi connectivity index (χ2n) is 6.39. The monoisotopic (exact) mass is 375 g/mol. The van der Waals surface area contributed by atoms with Gasteiger partial charge in [-0.1, -0.05) is 18.2 Å². The zero-order chi connectivity index (χ0) is 19.0. The number of nitrogens with zero attached hydrogens (tertiary/aromatic N) is 4. The van der Waals surface area contributed by atoms with Gasteiger partial charge in [0.2, 0.25) is 5.95 Å². The highest BCUT2D eigenvalue weighted by molar-refractivity contribution is 5.70. The molecule has 27 heavy (non-hydrogen) atoms. The van der Waals surface area contributed by atoms with Crippen LogP contribution in [0.15, 0.2) is 42.9 Å². The number of nitrogen functional groups attached to an aromatic ring is 1. The minimum Gasteiger partial charge on any atom is -0.387 e. The highest BCUT2D eigenvalue weighted by Crippen LogP contribution is 2.42. The van der Waals surface area contributed by atoms with E-state index in [-0.39, 0.29) is 12.6 Å². The summed E-state index contributed by atoms with van der Waals surface area (Å²) in [6.45, 7) is 1.08. The Morgan fingerprint density at radius 3 is 2.89 bits per heavy atom. The maximum atomic E-state index is 15.3. The van der Waals surface area contributed by atoms with Crippen LogP contribution in [-0.4, -0.2) is 49.1 Å². The van der Waals surface area contributed by atoms with E-state index in [1.165, 1.54) is 24.0 Å². The van der Waals surface area contributed by atoms with Crippen LogP contribution in [0.4, 0.5) is 10.3 Å². The summed E-state index contributed by atoms with van der Waals surface area (Å²) in [5, 5.41) is 10.4. The lowest BCUT2D eigenvalue weighted by Crippen LogP contribution is -2.40. The molecule has 3 heterocycles. The van der Waals surface area contributed by atoms with E-state index in [0.29, 0.717) is 16.9 Å². The first-order valence-corrected chi connectivity index (χ1v) is 8.29. The predicted octanol–water partition coefficient (Wildman–Crippen LogP) is 1.41. The Morgan fingerprint density at radius 2 is 2.11 bits per heavy atom. The molecule has 0 radical (unpaired) electrons. The quantitative estimate of drug-likeness (QED) is 0.508. The van der Waals surface area contributed by atoms with Gasteiger partial charge in [-0.15, -0.1) is 0 Å². The predicted molar refractivity (Wildman–Crippen MR) is 92.2 cm³/mol. The van der Waals surface area contributed by atoms with Crippen LogP contribution in [0.3, 0.4) is 0 Å². The zero-order valence-electron chi connectivity index (χ0n) is 14.4. The number of benzene rings is 1. The Hall–Kier alpha value is -2.82. The topological polar surface area (TPSA) is 118 Å². The molecule has 142 valence electrons. The highest BCUT2D eigenvalue weighted by atomic mass is 19.1. The summed E-state index contributed by atoms with van der Waals surface area (Å²) < 4.78 is 22.4. The summed E-state index contributed by atoms with van der Waals surface area (Å²) in [7, 11) is 0. The molecule has 0 aliphatic carbocycles. The highest BCUT2D eigenvalue weighted by Gasteiger charge is 2.55. The summed E-state index contributed by atoms with van der Waals surface area (Å²) in [6.07, 6.45) is -0.762. The molecule has 2 unspecified atom stereocenters. The fourth-order valence-electron chi connectivity index (χ4n) is 3.01. The number of aliphatic hydroxyl groups is 1. The number of para-hydroxylation sites is 1. The Bertz CT molecular complexity index is 935. The lowest BCUT2D eigenvalue weighted by Gasteiger charge is -2.24. The van der Waals surface area contributed by atoms with Crippen molar-refractivity contribution in [3.8, 4) is 5.75 Å². The fourth-order valence-corrected chi connectivity index (χ4v) is 3.01. The van der Waals surface area contributed by atoms with Crippen LogP contribution in [0.5, 0.6) is 5.75 Å². The Morgan fingerprint density at radius 1 is 1.33 bits per heavy atom. The average Bonchev–Trinajstić information content (AvgIpc) is 3.16. The van der Waals surface area contributed by atoms with Gasteiger partial charge in [-0.05, 0) is 19.1 Å². The summed E-state index contributed by atoms with van der Waals surface area (Å²) in [5.74, 6) is 0.511. The van der Waals surface area contributed by atoms with Crippen molar-refractivity contribution in [2.45, 2.75) is 31.0 Å². The molecular formula is C17H18FN5O4. The van der Waals surface area contributed by atoms with Crippen molar-refractivity contribution >= 4 is 17.1 Å². The minimum absolute atomic E-state index is 0.0273. The van der Waals surface area contributed by atoms with Crippen LogP contribution in [0.2, 0.25) is 0 Å². The van der Waals surface area contributed by atoms with Crippen molar-refractivity contribution < 1.29 is 24.0 Å². The van der Waals surface area contributed by atoms with Gasteiger partial charge in [-0.3, -0.25) is 4.57 Å². The number of halogens is 1. The first-order chi connectivity index (χ1) is 13.0. The molecule has 4 rings (SSSR count). The lowest BCUT2D eigenvalue weighted by atomic mass is 9.98. The molecule has 4 atom stereocenters. The first-order valence-electron chi connectivity index (χ1n) is 8.29. The number of ether oxygens (including phenoxy) is 1. The molecule has 0 spiro atoms. The number of alkyl halides is 1. The van der Waals surface area contributed by atoms with E-state index in [1.807, 2.05) is 6.07 Å². The molecule has 0 amide bonds. The second-order valence-corrected chi connectivity index (χ2v) is 6.39. The molecule has 10 heteroatoms. The number of aromatic nitrogens is 4. The SMILES string of the molecule is C[C@]1(F)C(n2cnc3cnc(N)nc32)OC(COOc2ccccc2)[C@H]1O. The van der Waals surface area contributed by atoms with E-state index >= 15 is 4.39 Å². The third-order valence-electron chi connectivity index (χ3n) is 4.43. The molecule has 3 aromatic rings. The summed E-state index contributed by atoms with van der Waals surface area (Å²) in [6, 6.07) is 8.81. The van der Waals surface area contributed by atoms with Gasteiger partial charge in [0.05, 0.1) is 12.5 Å². The molecule has 0 saturated carbocycles. The van der Waals surface area contributed by atoms with E-state index in [0.717, 1.165) is 0 Å². The van der Waals surface area contributed by atoms with Crippen molar-refractivity contribution in [1.29, 1.82) is 0 Å². The van der Waals surface area contributed by atoms with Crippen LogP contribution in [0.1, 0.15) is 13.2 Å². The number of imidazole rings is 1. The number of fused-ring (bicyclic) bond motifs is 1. The summed E-state index contributed by atoms with van der Waals surface area (Å²) >= 11 is 0. The van der Waals surface area contributed by atoms with Crippen LogP contribution in [-0.2, 0) is 9.62 Å². The zero-order valence-corrected chi connectivity index (χ0v) is 14.4. The van der Waals surface area contributed by atoms with Gasteiger partial charge in [-0.25, -0.2) is 14.4 Å². The van der Waals surface area contributed by atoms with E-state index in [2.05, 4.69) is 15.0 Å². The van der Waals surface area contributed by atoms with Gasteiger partial charge in [0, 0.05) is 0 Å². The van der Waals surface area contributed by atoms with Crippen LogP contribution < -0.4 is 10.6 Å². The summed E-state index contributed by atoms with van der Waals surface area (Å²) in [4.78, 5) is 22.3. The molecule has 1 aromatic carbocycles. The maximum Gasteiger partial charge on any atom is 0.222 e. The van der Waals surface area contributed by atoms with Crippen molar-refractivity contribution in [1.82, 2.24) is 19.5 Å². The van der Waals surface area contributed by atoms with Crippen molar-refractivity contribution in [2.24, 2.45) is 0 Å². The molecule has 1 saturated heterocycles. The van der Waals surface area contributed by atoms with E-state index in [9.17, 15) is 5.11 Å². The first kappa shape index (κ1) is 17.6. The molecule has 2 aromatic heterocycles.